The van der Waals surface area contributed by atoms with Crippen LogP contribution in [-0.2, 0) is 0 Å². The summed E-state index contributed by atoms with van der Waals surface area (Å²) in [5.74, 6) is -1.14. The summed E-state index contributed by atoms with van der Waals surface area (Å²) >= 11 is 6.08. The molecule has 0 saturated heterocycles. The zero-order valence-electron chi connectivity index (χ0n) is 16.8. The Morgan fingerprint density at radius 2 is 1.64 bits per heavy atom. The van der Waals surface area contributed by atoms with Crippen LogP contribution in [-0.4, -0.2) is 17.8 Å². The highest BCUT2D eigenvalue weighted by Gasteiger charge is 2.31. The fourth-order valence-corrected chi connectivity index (χ4v) is 2.88. The Morgan fingerprint density at radius 3 is 2.24 bits per heavy atom. The smallest absolute Gasteiger partial charge is 0.396 e. The summed E-state index contributed by atoms with van der Waals surface area (Å²) < 4.78 is 52.3. The van der Waals surface area contributed by atoms with Gasteiger partial charge in [-0.25, -0.2) is 9.38 Å². The maximum atomic E-state index is 13.3. The van der Waals surface area contributed by atoms with Crippen molar-refractivity contribution in [2.24, 2.45) is 10.7 Å². The highest BCUT2D eigenvalue weighted by molar-refractivity contribution is 6.33. The average molecular weight is 477 g/mol. The molecule has 0 aliphatic heterocycles. The van der Waals surface area contributed by atoms with Gasteiger partial charge in [0.25, 0.3) is 5.91 Å². The molecule has 0 atom stereocenters. The van der Waals surface area contributed by atoms with Gasteiger partial charge in [-0.2, -0.15) is 13.2 Å². The molecular weight excluding hydrogens is 460 g/mol. The number of nitrogens with two attached hydrogens (primary N) is 2. The van der Waals surface area contributed by atoms with Crippen molar-refractivity contribution in [1.29, 1.82) is 0 Å². The number of nitrogens with zero attached hydrogens (tertiary/aromatic N) is 1. The van der Waals surface area contributed by atoms with E-state index in [1.54, 1.807) is 18.2 Å². The molecule has 5 nitrogen and oxygen atoms in total. The van der Waals surface area contributed by atoms with Gasteiger partial charge in [0.05, 0.1) is 22.1 Å². The van der Waals surface area contributed by atoms with E-state index in [2.05, 4.69) is 10.3 Å². The van der Waals surface area contributed by atoms with Crippen molar-refractivity contribution in [2.75, 3.05) is 11.1 Å². The molecule has 33 heavy (non-hydrogen) atoms. The summed E-state index contributed by atoms with van der Waals surface area (Å²) in [5, 5.41) is 2.80. The number of nitrogens with one attached hydrogen (secondary N) is 1. The van der Waals surface area contributed by atoms with Crippen LogP contribution in [0.3, 0.4) is 0 Å². The van der Waals surface area contributed by atoms with E-state index >= 15 is 0 Å². The quantitative estimate of drug-likeness (QED) is 0.245. The first-order valence-corrected chi connectivity index (χ1v) is 9.77. The second-order valence-electron chi connectivity index (χ2n) is 6.81. The van der Waals surface area contributed by atoms with Gasteiger partial charge in [-0.3, -0.25) is 4.79 Å². The maximum absolute atomic E-state index is 13.3. The van der Waals surface area contributed by atoms with E-state index in [9.17, 15) is 22.4 Å². The van der Waals surface area contributed by atoms with Crippen LogP contribution in [0, 0.1) is 5.82 Å². The predicted molar refractivity (Wildman–Crippen MR) is 121 cm³/mol. The number of para-hydroxylation sites is 1. The minimum Gasteiger partial charge on any atom is -0.396 e. The van der Waals surface area contributed by atoms with Crippen LogP contribution >= 0.6 is 11.6 Å². The summed E-state index contributed by atoms with van der Waals surface area (Å²) in [7, 11) is 0. The molecule has 0 heterocycles. The van der Waals surface area contributed by atoms with Crippen LogP contribution in [0.5, 0.6) is 0 Å². The molecule has 1 amide bonds. The summed E-state index contributed by atoms with van der Waals surface area (Å²) in [5.41, 5.74) is 10.1. The number of allylic oxidation sites excluding steroid dienone is 2. The summed E-state index contributed by atoms with van der Waals surface area (Å²) in [6.07, 6.45) is -4.06. The molecule has 0 aliphatic carbocycles. The number of carbonyl (C=O) groups is 1. The van der Waals surface area contributed by atoms with Crippen molar-refractivity contribution in [3.63, 3.8) is 0 Å². The van der Waals surface area contributed by atoms with E-state index < -0.39 is 23.6 Å². The van der Waals surface area contributed by atoms with Crippen LogP contribution in [0.4, 0.5) is 34.6 Å². The van der Waals surface area contributed by atoms with E-state index in [-0.39, 0.29) is 38.9 Å². The highest BCUT2D eigenvalue weighted by Crippen LogP contribution is 2.27. The van der Waals surface area contributed by atoms with E-state index in [1.165, 1.54) is 42.5 Å². The first-order valence-electron chi connectivity index (χ1n) is 9.39. The van der Waals surface area contributed by atoms with Gasteiger partial charge in [0.1, 0.15) is 11.5 Å². The van der Waals surface area contributed by atoms with Crippen molar-refractivity contribution >= 4 is 40.3 Å². The van der Waals surface area contributed by atoms with E-state index in [1.807, 2.05) is 0 Å². The summed E-state index contributed by atoms with van der Waals surface area (Å²) in [6, 6.07) is 15.7. The van der Waals surface area contributed by atoms with Gasteiger partial charge >= 0.3 is 6.18 Å². The number of nitrogen functional groups attached to an aromatic ring is 1. The largest absolute Gasteiger partial charge is 0.430 e. The standard InChI is InChI=1S/C23H17ClF4N4O/c24-16-3-1-2-4-19(16)32-20(12-21(30)23(26,27)28)13-5-7-14(8-6-13)22(33)31-15-9-10-17(25)18(29)11-15/h1-12H,29-30H2,(H,31,33). The normalized spacial score (nSPS) is 12.5. The Bertz CT molecular complexity index is 1240. The van der Waals surface area contributed by atoms with Gasteiger partial charge in [-0.05, 0) is 48.5 Å². The third-order valence-corrected chi connectivity index (χ3v) is 4.73. The summed E-state index contributed by atoms with van der Waals surface area (Å²) in [4.78, 5) is 16.7. The predicted octanol–water partition coefficient (Wildman–Crippen LogP) is 5.84. The van der Waals surface area contributed by atoms with Gasteiger partial charge in [-0.15, -0.1) is 0 Å². The lowest BCUT2D eigenvalue weighted by molar-refractivity contribution is -0.0925. The number of hydrogen-bond donors (Lipinski definition) is 3. The fraction of sp³-hybridized carbons (Fsp3) is 0.0435. The molecule has 0 aromatic heterocycles. The van der Waals surface area contributed by atoms with Crippen molar-refractivity contribution in [3.8, 4) is 0 Å². The number of amides is 1. The molecule has 0 saturated carbocycles. The van der Waals surface area contributed by atoms with Crippen molar-refractivity contribution in [2.45, 2.75) is 6.18 Å². The number of hydrogen-bond acceptors (Lipinski definition) is 4. The number of benzene rings is 3. The Morgan fingerprint density at radius 1 is 1.00 bits per heavy atom. The molecule has 170 valence electrons. The lowest BCUT2D eigenvalue weighted by Gasteiger charge is -2.10. The number of halogens is 5. The van der Waals surface area contributed by atoms with Crippen LogP contribution in [0.1, 0.15) is 15.9 Å². The Labute approximate surface area is 191 Å². The van der Waals surface area contributed by atoms with Crippen LogP contribution in [0.25, 0.3) is 0 Å². The first kappa shape index (κ1) is 23.8. The zero-order chi connectivity index (χ0) is 24.2. The molecule has 0 bridgehead atoms. The second-order valence-corrected chi connectivity index (χ2v) is 7.22. The minimum absolute atomic E-state index is 0.101. The van der Waals surface area contributed by atoms with Gasteiger partial charge in [0, 0.05) is 16.8 Å². The number of carbonyl (C=O) groups excluding carboxylic acids is 1. The molecule has 0 spiro atoms. The third kappa shape index (κ3) is 6.11. The molecule has 5 N–H and O–H groups in total. The lowest BCUT2D eigenvalue weighted by atomic mass is 10.1. The summed E-state index contributed by atoms with van der Waals surface area (Å²) in [6.45, 7) is 0. The molecule has 10 heteroatoms. The van der Waals surface area contributed by atoms with Crippen LogP contribution in [0.15, 0.2) is 83.5 Å². The van der Waals surface area contributed by atoms with E-state index in [0.717, 1.165) is 6.07 Å². The zero-order valence-corrected chi connectivity index (χ0v) is 17.6. The van der Waals surface area contributed by atoms with Gasteiger partial charge in [0.2, 0.25) is 0 Å². The van der Waals surface area contributed by atoms with Crippen LogP contribution < -0.4 is 16.8 Å². The number of rotatable bonds is 5. The van der Waals surface area contributed by atoms with Gasteiger partial charge in [0.15, 0.2) is 0 Å². The molecule has 3 rings (SSSR count). The molecule has 0 unspecified atom stereocenters. The Hall–Kier alpha value is -3.85. The third-order valence-electron chi connectivity index (χ3n) is 4.41. The highest BCUT2D eigenvalue weighted by atomic mass is 35.5. The van der Waals surface area contributed by atoms with Crippen molar-refractivity contribution < 1.29 is 22.4 Å². The second kappa shape index (κ2) is 9.74. The molecular formula is C23H17ClF4N4O. The number of alkyl halides is 3. The Balaban J connectivity index is 1.92. The molecule has 0 fully saturated rings. The van der Waals surface area contributed by atoms with Crippen LogP contribution in [0.2, 0.25) is 5.02 Å². The molecule has 3 aromatic rings. The first-order chi connectivity index (χ1) is 15.5. The number of anilines is 2. The topological polar surface area (TPSA) is 93.5 Å². The lowest BCUT2D eigenvalue weighted by Crippen LogP contribution is -2.21. The molecule has 0 radical (unpaired) electrons. The average Bonchev–Trinajstić information content (AvgIpc) is 2.76. The van der Waals surface area contributed by atoms with Gasteiger partial charge < -0.3 is 16.8 Å². The SMILES string of the molecule is NC(=CC(=Nc1ccccc1Cl)c1ccc(C(=O)Nc2ccc(F)c(N)c2)cc1)C(F)(F)F. The minimum atomic E-state index is -4.75. The van der Waals surface area contributed by atoms with Crippen molar-refractivity contribution in [3.05, 3.63) is 100 Å². The van der Waals surface area contributed by atoms with E-state index in [4.69, 9.17) is 23.1 Å². The molecule has 0 aliphatic rings. The molecule has 3 aromatic carbocycles. The van der Waals surface area contributed by atoms with Crippen molar-refractivity contribution in [1.82, 2.24) is 0 Å². The number of aliphatic imine (C=N–C) groups is 1. The Kier molecular flexibility index (Phi) is 7.03. The van der Waals surface area contributed by atoms with Gasteiger partial charge in [-0.1, -0.05) is 35.9 Å². The van der Waals surface area contributed by atoms with E-state index in [0.29, 0.717) is 6.08 Å². The fourth-order valence-electron chi connectivity index (χ4n) is 2.70. The monoisotopic (exact) mass is 476 g/mol. The maximum Gasteiger partial charge on any atom is 0.430 e.